The highest BCUT2D eigenvalue weighted by atomic mass is 32.2. The van der Waals surface area contributed by atoms with Gasteiger partial charge in [-0.25, -0.2) is 9.79 Å². The molecule has 0 saturated heterocycles. The molecule has 0 aromatic heterocycles. The molecule has 1 aliphatic heterocycles. The van der Waals surface area contributed by atoms with E-state index in [1.54, 1.807) is 60.7 Å². The first-order valence-corrected chi connectivity index (χ1v) is 11.0. The van der Waals surface area contributed by atoms with Gasteiger partial charge in [0.15, 0.2) is 5.96 Å². The Morgan fingerprint density at radius 3 is 2.06 bits per heavy atom. The summed E-state index contributed by atoms with van der Waals surface area (Å²) in [6, 6.07) is 20.2. The van der Waals surface area contributed by atoms with Crippen molar-refractivity contribution in [3.63, 3.8) is 0 Å². The number of esters is 1. The average Bonchev–Trinajstić information content (AvgIpc) is 3.05. The molecule has 0 aliphatic carbocycles. The summed E-state index contributed by atoms with van der Waals surface area (Å²) in [5.74, 6) is -0.135. The van der Waals surface area contributed by atoms with E-state index in [4.69, 9.17) is 16.2 Å². The highest BCUT2D eigenvalue weighted by Gasteiger charge is 2.34. The maximum absolute atomic E-state index is 12.4. The lowest BCUT2D eigenvalue weighted by Crippen LogP contribution is -2.31. The first-order chi connectivity index (χ1) is 15.9. The van der Waals surface area contributed by atoms with Crippen LogP contribution < -0.4 is 16.2 Å². The lowest BCUT2D eigenvalue weighted by atomic mass is 10.1. The molecule has 0 fully saturated rings. The van der Waals surface area contributed by atoms with E-state index < -0.39 is 5.97 Å². The fraction of sp³-hybridized carbons (Fsp3) is 0.0833. The Kier molecular flexibility index (Phi) is 6.41. The van der Waals surface area contributed by atoms with Crippen LogP contribution >= 0.6 is 11.8 Å². The number of carbonyl (C=O) groups excluding carboxylic acids is 3. The number of thioether (sulfide) groups is 1. The summed E-state index contributed by atoms with van der Waals surface area (Å²) in [5.41, 5.74) is 12.5. The molecule has 2 amide bonds. The first kappa shape index (κ1) is 22.1. The van der Waals surface area contributed by atoms with E-state index in [0.717, 1.165) is 4.90 Å². The molecule has 33 heavy (non-hydrogen) atoms. The van der Waals surface area contributed by atoms with Gasteiger partial charge in [0, 0.05) is 17.2 Å². The molecule has 166 valence electrons. The standard InChI is InChI=1S/C24H20N4O4S/c25-24(26)27-16-7-5-15(6-8-16)23(31)32-17-9-11-18(12-10-17)33-14-13-28-21(29)19-3-1-2-4-20(19)22(28)30/h1-12H,13-14H2,(H4,25,26,27). The predicted octanol–water partition coefficient (Wildman–Crippen LogP) is 3.20. The van der Waals surface area contributed by atoms with E-state index in [-0.39, 0.29) is 17.8 Å². The molecule has 0 bridgehead atoms. The summed E-state index contributed by atoms with van der Waals surface area (Å²) < 4.78 is 5.40. The van der Waals surface area contributed by atoms with Crippen LogP contribution in [-0.2, 0) is 0 Å². The number of fused-ring (bicyclic) bond motifs is 1. The smallest absolute Gasteiger partial charge is 0.343 e. The maximum atomic E-state index is 12.4. The van der Waals surface area contributed by atoms with Gasteiger partial charge in [0.1, 0.15) is 5.75 Å². The van der Waals surface area contributed by atoms with Crippen LogP contribution in [0, 0.1) is 0 Å². The average molecular weight is 461 g/mol. The lowest BCUT2D eigenvalue weighted by molar-refractivity contribution is 0.0662. The number of imide groups is 1. The topological polar surface area (TPSA) is 128 Å². The van der Waals surface area contributed by atoms with E-state index in [1.165, 1.54) is 16.7 Å². The van der Waals surface area contributed by atoms with Crippen molar-refractivity contribution in [2.45, 2.75) is 4.90 Å². The van der Waals surface area contributed by atoms with Crippen molar-refractivity contribution < 1.29 is 19.1 Å². The van der Waals surface area contributed by atoms with Gasteiger partial charge in [-0.15, -0.1) is 11.8 Å². The summed E-state index contributed by atoms with van der Waals surface area (Å²) >= 11 is 1.50. The number of carbonyl (C=O) groups is 3. The van der Waals surface area contributed by atoms with E-state index in [0.29, 0.717) is 40.4 Å². The van der Waals surface area contributed by atoms with Crippen LogP contribution in [0.15, 0.2) is 82.7 Å². The van der Waals surface area contributed by atoms with Crippen molar-refractivity contribution in [1.29, 1.82) is 0 Å². The number of nitrogens with two attached hydrogens (primary N) is 2. The van der Waals surface area contributed by atoms with Gasteiger partial charge in [-0.3, -0.25) is 14.5 Å². The summed E-state index contributed by atoms with van der Waals surface area (Å²) in [4.78, 5) is 43.2. The molecule has 9 heteroatoms. The Morgan fingerprint density at radius 2 is 1.48 bits per heavy atom. The molecule has 1 heterocycles. The predicted molar refractivity (Wildman–Crippen MR) is 126 cm³/mol. The first-order valence-electron chi connectivity index (χ1n) is 10.0. The Bertz CT molecular complexity index is 1200. The molecule has 0 spiro atoms. The molecule has 8 nitrogen and oxygen atoms in total. The van der Waals surface area contributed by atoms with Crippen LogP contribution in [0.5, 0.6) is 5.75 Å². The minimum Gasteiger partial charge on any atom is -0.423 e. The molecule has 0 atom stereocenters. The van der Waals surface area contributed by atoms with Crippen LogP contribution in [0.3, 0.4) is 0 Å². The highest BCUT2D eigenvalue weighted by Crippen LogP contribution is 2.25. The minimum atomic E-state index is -0.503. The Morgan fingerprint density at radius 1 is 0.879 bits per heavy atom. The quantitative estimate of drug-likeness (QED) is 0.138. The van der Waals surface area contributed by atoms with Crippen molar-refractivity contribution in [2.75, 3.05) is 12.3 Å². The molecule has 4 N–H and O–H groups in total. The van der Waals surface area contributed by atoms with Crippen LogP contribution in [0.25, 0.3) is 0 Å². The normalized spacial score (nSPS) is 12.4. The molecule has 0 radical (unpaired) electrons. The molecule has 0 unspecified atom stereocenters. The monoisotopic (exact) mass is 460 g/mol. The van der Waals surface area contributed by atoms with Gasteiger partial charge >= 0.3 is 5.97 Å². The molecule has 1 aliphatic rings. The van der Waals surface area contributed by atoms with Crippen LogP contribution in [0.1, 0.15) is 31.1 Å². The zero-order valence-corrected chi connectivity index (χ0v) is 18.2. The number of nitrogens with zero attached hydrogens (tertiary/aromatic N) is 2. The summed E-state index contributed by atoms with van der Waals surface area (Å²) in [5, 5.41) is 0. The van der Waals surface area contributed by atoms with Gasteiger partial charge in [-0.05, 0) is 60.7 Å². The molecule has 0 saturated carbocycles. The number of hydrogen-bond acceptors (Lipinski definition) is 6. The maximum Gasteiger partial charge on any atom is 0.343 e. The fourth-order valence-electron chi connectivity index (χ4n) is 3.29. The second-order valence-corrected chi connectivity index (χ2v) is 8.27. The Labute approximate surface area is 194 Å². The van der Waals surface area contributed by atoms with Crippen molar-refractivity contribution in [3.8, 4) is 5.75 Å². The number of amides is 2. The summed E-state index contributed by atoms with van der Waals surface area (Å²) in [6.45, 7) is 0.309. The Balaban J connectivity index is 1.29. The third kappa shape index (κ3) is 5.04. The summed E-state index contributed by atoms with van der Waals surface area (Å²) in [6.07, 6.45) is 0. The largest absolute Gasteiger partial charge is 0.423 e. The van der Waals surface area contributed by atoms with Gasteiger partial charge in [-0.2, -0.15) is 0 Å². The summed E-state index contributed by atoms with van der Waals surface area (Å²) in [7, 11) is 0. The van der Waals surface area contributed by atoms with Gasteiger partial charge in [-0.1, -0.05) is 12.1 Å². The third-order valence-corrected chi connectivity index (χ3v) is 5.85. The SMILES string of the molecule is NC(N)=Nc1ccc(C(=O)Oc2ccc(SCCN3C(=O)c4ccccc4C3=O)cc2)cc1. The van der Waals surface area contributed by atoms with Crippen LogP contribution in [0.2, 0.25) is 0 Å². The van der Waals surface area contributed by atoms with Crippen LogP contribution in [-0.4, -0.2) is 40.9 Å². The van der Waals surface area contributed by atoms with Crippen LogP contribution in [0.4, 0.5) is 5.69 Å². The van der Waals surface area contributed by atoms with Gasteiger partial charge in [0.25, 0.3) is 11.8 Å². The van der Waals surface area contributed by atoms with Gasteiger partial charge in [0.2, 0.25) is 0 Å². The molecular weight excluding hydrogens is 440 g/mol. The minimum absolute atomic E-state index is 0.0630. The van der Waals surface area contributed by atoms with Gasteiger partial charge in [0.05, 0.1) is 22.4 Å². The zero-order valence-electron chi connectivity index (χ0n) is 17.4. The Hall–Kier alpha value is -4.11. The lowest BCUT2D eigenvalue weighted by Gasteiger charge is -2.13. The van der Waals surface area contributed by atoms with E-state index in [1.807, 2.05) is 12.1 Å². The van der Waals surface area contributed by atoms with Crippen molar-refractivity contribution in [2.24, 2.45) is 16.5 Å². The van der Waals surface area contributed by atoms with Gasteiger partial charge < -0.3 is 16.2 Å². The molecule has 3 aromatic carbocycles. The second kappa shape index (κ2) is 9.58. The fourth-order valence-corrected chi connectivity index (χ4v) is 4.13. The number of ether oxygens (including phenoxy) is 1. The zero-order chi connectivity index (χ0) is 23.4. The number of rotatable bonds is 7. The van der Waals surface area contributed by atoms with E-state index in [9.17, 15) is 14.4 Å². The van der Waals surface area contributed by atoms with Crippen molar-refractivity contribution in [3.05, 3.63) is 89.5 Å². The number of aliphatic imine (C=N–C) groups is 1. The molecule has 3 aromatic rings. The third-order valence-electron chi connectivity index (χ3n) is 4.86. The van der Waals surface area contributed by atoms with Crippen molar-refractivity contribution >= 4 is 41.2 Å². The number of guanidine groups is 1. The highest BCUT2D eigenvalue weighted by molar-refractivity contribution is 7.99. The second-order valence-electron chi connectivity index (χ2n) is 7.10. The number of hydrogen-bond donors (Lipinski definition) is 2. The molecule has 4 rings (SSSR count). The molecular formula is C24H20N4O4S. The van der Waals surface area contributed by atoms with E-state index in [2.05, 4.69) is 4.99 Å². The van der Waals surface area contributed by atoms with Crippen molar-refractivity contribution in [1.82, 2.24) is 4.90 Å². The van der Waals surface area contributed by atoms with E-state index >= 15 is 0 Å². The number of benzene rings is 3.